The molecule has 0 saturated carbocycles. The van der Waals surface area contributed by atoms with Gasteiger partial charge in [-0.05, 0) is 60.0 Å². The van der Waals surface area contributed by atoms with Crippen molar-refractivity contribution in [3.8, 4) is 11.5 Å². The minimum atomic E-state index is -4.45. The Labute approximate surface area is 159 Å². The van der Waals surface area contributed by atoms with Crippen LogP contribution in [-0.2, 0) is 11.6 Å². The van der Waals surface area contributed by atoms with E-state index in [-0.39, 0.29) is 22.9 Å². The highest BCUT2D eigenvalue weighted by Crippen LogP contribution is 2.43. The van der Waals surface area contributed by atoms with Crippen molar-refractivity contribution in [3.05, 3.63) is 82.9 Å². The summed E-state index contributed by atoms with van der Waals surface area (Å²) in [5.41, 5.74) is 11.7. The fourth-order valence-electron chi connectivity index (χ4n) is 3.20. The molecule has 0 aliphatic rings. The second-order valence-corrected chi connectivity index (χ2v) is 6.75. The lowest BCUT2D eigenvalue weighted by Gasteiger charge is -2.32. The van der Waals surface area contributed by atoms with E-state index in [0.29, 0.717) is 16.7 Å². The SMILES string of the molecule is CC(c1ccc(C(F)(F)F)cc1)(c1ccc(N)c(O)c1)c1ccc(N)c(O)c1. The predicted octanol–water partition coefficient (Wildman–Crippen LogP) is 4.64. The third-order valence-electron chi connectivity index (χ3n) is 5.01. The summed E-state index contributed by atoms with van der Waals surface area (Å²) in [6.45, 7) is 1.78. The Hall–Kier alpha value is -3.35. The molecule has 0 fully saturated rings. The lowest BCUT2D eigenvalue weighted by atomic mass is 9.70. The van der Waals surface area contributed by atoms with Gasteiger partial charge in [0.2, 0.25) is 0 Å². The fourth-order valence-corrected chi connectivity index (χ4v) is 3.20. The van der Waals surface area contributed by atoms with Crippen molar-refractivity contribution >= 4 is 11.4 Å². The molecule has 0 aromatic heterocycles. The minimum absolute atomic E-state index is 0.143. The summed E-state index contributed by atoms with van der Waals surface area (Å²) < 4.78 is 38.9. The highest BCUT2D eigenvalue weighted by molar-refractivity contribution is 5.61. The van der Waals surface area contributed by atoms with Gasteiger partial charge in [-0.15, -0.1) is 0 Å². The Bertz CT molecular complexity index is 964. The van der Waals surface area contributed by atoms with Crippen LogP contribution < -0.4 is 11.5 Å². The molecule has 3 aromatic carbocycles. The molecule has 0 bridgehead atoms. The Balaban J connectivity index is 2.24. The summed E-state index contributed by atoms with van der Waals surface area (Å²) in [5.74, 6) is -0.286. The highest BCUT2D eigenvalue weighted by Gasteiger charge is 2.35. The Morgan fingerprint density at radius 1 is 0.643 bits per heavy atom. The van der Waals surface area contributed by atoms with Crippen LogP contribution >= 0.6 is 0 Å². The van der Waals surface area contributed by atoms with Crippen molar-refractivity contribution in [2.75, 3.05) is 11.5 Å². The van der Waals surface area contributed by atoms with E-state index in [1.165, 1.54) is 36.4 Å². The molecule has 28 heavy (non-hydrogen) atoms. The van der Waals surface area contributed by atoms with E-state index in [1.807, 2.05) is 0 Å². The average Bonchev–Trinajstić information content (AvgIpc) is 2.65. The number of phenols is 2. The minimum Gasteiger partial charge on any atom is -0.506 e. The first kappa shape index (κ1) is 19.4. The van der Waals surface area contributed by atoms with Gasteiger partial charge in [0.05, 0.1) is 16.9 Å². The third kappa shape index (κ3) is 3.31. The standard InChI is InChI=1S/C21H19F3N2O2/c1-20(14-6-8-16(25)18(27)10-14,15-7-9-17(26)19(28)11-15)12-2-4-13(5-3-12)21(22,23)24/h2-11,27-28H,25-26H2,1H3. The number of phenolic OH excluding ortho intramolecular Hbond substituents is 2. The topological polar surface area (TPSA) is 92.5 Å². The van der Waals surface area contributed by atoms with Gasteiger partial charge in [0.25, 0.3) is 0 Å². The molecular weight excluding hydrogens is 369 g/mol. The van der Waals surface area contributed by atoms with Gasteiger partial charge in [-0.2, -0.15) is 13.2 Å². The lowest BCUT2D eigenvalue weighted by Crippen LogP contribution is -2.25. The van der Waals surface area contributed by atoms with Gasteiger partial charge in [-0.25, -0.2) is 0 Å². The Morgan fingerprint density at radius 3 is 1.36 bits per heavy atom. The molecular formula is C21H19F3N2O2. The Morgan fingerprint density at radius 2 is 1.00 bits per heavy atom. The zero-order valence-corrected chi connectivity index (χ0v) is 15.0. The highest BCUT2D eigenvalue weighted by atomic mass is 19.4. The molecule has 0 atom stereocenters. The molecule has 0 aliphatic carbocycles. The lowest BCUT2D eigenvalue weighted by molar-refractivity contribution is -0.137. The van der Waals surface area contributed by atoms with E-state index in [1.54, 1.807) is 19.1 Å². The first-order valence-corrected chi connectivity index (χ1v) is 8.39. The first-order chi connectivity index (χ1) is 13.0. The summed E-state index contributed by atoms with van der Waals surface area (Å²) in [7, 11) is 0. The van der Waals surface area contributed by atoms with Crippen molar-refractivity contribution in [1.29, 1.82) is 0 Å². The maximum atomic E-state index is 13.0. The number of hydrogen-bond donors (Lipinski definition) is 4. The van der Waals surface area contributed by atoms with Crippen LogP contribution in [0.3, 0.4) is 0 Å². The van der Waals surface area contributed by atoms with Crippen LogP contribution in [0.2, 0.25) is 0 Å². The monoisotopic (exact) mass is 388 g/mol. The zero-order chi connectivity index (χ0) is 20.7. The predicted molar refractivity (Wildman–Crippen MR) is 102 cm³/mol. The molecule has 0 aliphatic heterocycles. The molecule has 0 heterocycles. The van der Waals surface area contributed by atoms with Crippen LogP contribution in [0.5, 0.6) is 11.5 Å². The third-order valence-corrected chi connectivity index (χ3v) is 5.01. The second-order valence-electron chi connectivity index (χ2n) is 6.75. The van der Waals surface area contributed by atoms with Crippen molar-refractivity contribution < 1.29 is 23.4 Å². The van der Waals surface area contributed by atoms with E-state index in [4.69, 9.17) is 11.5 Å². The van der Waals surface area contributed by atoms with Gasteiger partial charge in [0, 0.05) is 5.41 Å². The van der Waals surface area contributed by atoms with Crippen LogP contribution in [0, 0.1) is 0 Å². The molecule has 0 radical (unpaired) electrons. The van der Waals surface area contributed by atoms with Gasteiger partial charge >= 0.3 is 6.18 Å². The number of rotatable bonds is 3. The van der Waals surface area contributed by atoms with E-state index < -0.39 is 17.2 Å². The van der Waals surface area contributed by atoms with Crippen molar-refractivity contribution in [2.24, 2.45) is 0 Å². The van der Waals surface area contributed by atoms with Crippen molar-refractivity contribution in [2.45, 2.75) is 18.5 Å². The van der Waals surface area contributed by atoms with Crippen LogP contribution in [0.1, 0.15) is 29.2 Å². The van der Waals surface area contributed by atoms with Crippen molar-refractivity contribution in [3.63, 3.8) is 0 Å². The number of nitrogens with two attached hydrogens (primary N) is 2. The summed E-state index contributed by atoms with van der Waals surface area (Å²) in [6, 6.07) is 14.1. The summed E-state index contributed by atoms with van der Waals surface area (Å²) >= 11 is 0. The smallest absolute Gasteiger partial charge is 0.416 e. The van der Waals surface area contributed by atoms with E-state index >= 15 is 0 Å². The van der Waals surface area contributed by atoms with Crippen molar-refractivity contribution in [1.82, 2.24) is 0 Å². The number of hydrogen-bond acceptors (Lipinski definition) is 4. The maximum absolute atomic E-state index is 13.0. The van der Waals surface area contributed by atoms with Gasteiger partial charge in [-0.3, -0.25) is 0 Å². The molecule has 0 amide bonds. The fraction of sp³-hybridized carbons (Fsp3) is 0.143. The van der Waals surface area contributed by atoms with Gasteiger partial charge in [-0.1, -0.05) is 24.3 Å². The molecule has 0 saturated heterocycles. The van der Waals surface area contributed by atoms with Gasteiger partial charge in [0.1, 0.15) is 11.5 Å². The van der Waals surface area contributed by atoms with Gasteiger partial charge in [0.15, 0.2) is 0 Å². The van der Waals surface area contributed by atoms with E-state index in [0.717, 1.165) is 12.1 Å². The molecule has 6 N–H and O–H groups in total. The average molecular weight is 388 g/mol. The van der Waals surface area contributed by atoms with Crippen LogP contribution in [-0.4, -0.2) is 10.2 Å². The molecule has 0 unspecified atom stereocenters. The zero-order valence-electron chi connectivity index (χ0n) is 15.0. The molecule has 7 heteroatoms. The van der Waals surface area contributed by atoms with E-state index in [2.05, 4.69) is 0 Å². The summed E-state index contributed by atoms with van der Waals surface area (Å²) in [4.78, 5) is 0. The van der Waals surface area contributed by atoms with Gasteiger partial charge < -0.3 is 21.7 Å². The molecule has 146 valence electrons. The van der Waals surface area contributed by atoms with Crippen LogP contribution in [0.15, 0.2) is 60.7 Å². The number of nitrogen functional groups attached to an aromatic ring is 2. The molecule has 3 aromatic rings. The number of benzene rings is 3. The normalized spacial score (nSPS) is 12.1. The molecule has 0 spiro atoms. The summed E-state index contributed by atoms with van der Waals surface area (Å²) in [5, 5.41) is 20.1. The maximum Gasteiger partial charge on any atom is 0.416 e. The number of alkyl halides is 3. The number of aromatic hydroxyl groups is 2. The molecule has 4 nitrogen and oxygen atoms in total. The Kier molecular flexibility index (Phi) is 4.62. The number of anilines is 2. The largest absolute Gasteiger partial charge is 0.506 e. The van der Waals surface area contributed by atoms with E-state index in [9.17, 15) is 23.4 Å². The second kappa shape index (κ2) is 6.67. The number of halogens is 3. The van der Waals surface area contributed by atoms with Crippen LogP contribution in [0.4, 0.5) is 24.5 Å². The summed E-state index contributed by atoms with van der Waals surface area (Å²) in [6.07, 6.45) is -4.45. The first-order valence-electron chi connectivity index (χ1n) is 8.39. The quantitative estimate of drug-likeness (QED) is 0.299. The molecule has 3 rings (SSSR count). The van der Waals surface area contributed by atoms with Crippen LogP contribution in [0.25, 0.3) is 0 Å².